The Bertz CT molecular complexity index is 359. The molecule has 2 aliphatic carbocycles. The van der Waals surface area contributed by atoms with Gasteiger partial charge in [0.05, 0.1) is 9.83 Å². The Morgan fingerprint density at radius 3 is 1.21 bits per heavy atom. The first kappa shape index (κ1) is 24.8. The highest BCUT2D eigenvalue weighted by molar-refractivity contribution is 8.69. The van der Waals surface area contributed by atoms with Crippen LogP contribution in [-0.4, -0.2) is 15.2 Å². The highest BCUT2D eigenvalue weighted by Gasteiger charge is 2.19. The molecule has 0 radical (unpaired) electrons. The van der Waals surface area contributed by atoms with Gasteiger partial charge in [0.25, 0.3) is 0 Å². The molecule has 2 saturated carbocycles. The van der Waals surface area contributed by atoms with Gasteiger partial charge in [-0.25, -0.2) is 4.21 Å². The summed E-state index contributed by atoms with van der Waals surface area (Å²) >= 11 is 0. The smallest absolute Gasteiger partial charge is 0.0835 e. The maximum Gasteiger partial charge on any atom is 0.0835 e. The lowest BCUT2D eigenvalue weighted by Gasteiger charge is -2.19. The summed E-state index contributed by atoms with van der Waals surface area (Å²) in [5.74, 6) is 1.98. The van der Waals surface area contributed by atoms with E-state index in [0.717, 1.165) is 11.7 Å². The van der Waals surface area contributed by atoms with Crippen molar-refractivity contribution in [3.8, 4) is 0 Å². The molecule has 28 heavy (non-hydrogen) atoms. The Morgan fingerprint density at radius 1 is 0.500 bits per heavy atom. The van der Waals surface area contributed by atoms with Gasteiger partial charge in [-0.05, 0) is 31.6 Å². The molecule has 0 amide bonds. The van der Waals surface area contributed by atoms with Gasteiger partial charge in [-0.2, -0.15) is 0 Å². The van der Waals surface area contributed by atoms with E-state index < -0.39 is 9.83 Å². The number of rotatable bonds is 4. The van der Waals surface area contributed by atoms with Crippen LogP contribution in [0.25, 0.3) is 0 Å². The van der Waals surface area contributed by atoms with Gasteiger partial charge >= 0.3 is 0 Å². The molecule has 0 aromatic rings. The van der Waals surface area contributed by atoms with Crippen molar-refractivity contribution in [1.82, 2.24) is 0 Å². The lowest BCUT2D eigenvalue weighted by atomic mass is 9.97. The summed E-state index contributed by atoms with van der Waals surface area (Å²) in [5, 5.41) is 0.466. The molecule has 2 aliphatic rings. The van der Waals surface area contributed by atoms with Crippen molar-refractivity contribution in [3.63, 3.8) is 0 Å². The third-order valence-corrected chi connectivity index (χ3v) is 10.7. The molecule has 166 valence electrons. The molecule has 2 rings (SSSR count). The molecule has 3 heteroatoms. The fourth-order valence-corrected chi connectivity index (χ4v) is 8.70. The third kappa shape index (κ3) is 12.3. The van der Waals surface area contributed by atoms with Gasteiger partial charge in [-0.3, -0.25) is 0 Å². The molecule has 0 saturated heterocycles. The predicted molar refractivity (Wildman–Crippen MR) is 129 cm³/mol. The summed E-state index contributed by atoms with van der Waals surface area (Å²) in [6, 6.07) is 0. The minimum Gasteiger partial charge on any atom is -0.248 e. The molecule has 0 heterocycles. The van der Waals surface area contributed by atoms with Crippen LogP contribution in [0, 0.1) is 5.92 Å². The van der Waals surface area contributed by atoms with Crippen molar-refractivity contribution in [2.45, 2.75) is 147 Å². The maximum atomic E-state index is 13.1. The SMILES string of the molecule is O=S(SCC1CCCCCCCCCC1)C1CCCCCCCCCCCC1. The quantitative estimate of drug-likeness (QED) is 0.415. The largest absolute Gasteiger partial charge is 0.248 e. The standard InChI is InChI=1S/C25H48OS2/c26-28(25-21-17-13-9-3-1-2-4-10-14-18-22-25)27-23-24-19-15-11-7-5-6-8-12-16-20-24/h24-25H,1-23H2. The van der Waals surface area contributed by atoms with E-state index in [1.807, 2.05) is 10.8 Å². The van der Waals surface area contributed by atoms with E-state index in [2.05, 4.69) is 0 Å². The highest BCUT2D eigenvalue weighted by Crippen LogP contribution is 2.29. The summed E-state index contributed by atoms with van der Waals surface area (Å²) in [5.41, 5.74) is 0. The number of hydrogen-bond donors (Lipinski definition) is 0. The predicted octanol–water partition coefficient (Wildman–Crippen LogP) is 8.98. The van der Waals surface area contributed by atoms with E-state index in [0.29, 0.717) is 5.25 Å². The van der Waals surface area contributed by atoms with E-state index in [9.17, 15) is 4.21 Å². The second-order valence-corrected chi connectivity index (χ2v) is 13.0. The van der Waals surface area contributed by atoms with E-state index in [4.69, 9.17) is 0 Å². The molecule has 0 spiro atoms. The Kier molecular flexibility index (Phi) is 15.2. The molecular weight excluding hydrogens is 380 g/mol. The summed E-state index contributed by atoms with van der Waals surface area (Å²) < 4.78 is 13.1. The van der Waals surface area contributed by atoms with Crippen LogP contribution in [0.1, 0.15) is 141 Å². The van der Waals surface area contributed by atoms with Gasteiger partial charge in [0.15, 0.2) is 0 Å². The van der Waals surface area contributed by atoms with E-state index in [-0.39, 0.29) is 0 Å². The Hall–Kier alpha value is 0.500. The Balaban J connectivity index is 1.74. The van der Waals surface area contributed by atoms with Gasteiger partial charge < -0.3 is 0 Å². The zero-order valence-electron chi connectivity index (χ0n) is 18.6. The number of hydrogen-bond acceptors (Lipinski definition) is 2. The lowest BCUT2D eigenvalue weighted by Crippen LogP contribution is -2.15. The van der Waals surface area contributed by atoms with Crippen LogP contribution in [0.5, 0.6) is 0 Å². The monoisotopic (exact) mass is 428 g/mol. The zero-order valence-corrected chi connectivity index (χ0v) is 20.3. The van der Waals surface area contributed by atoms with Crippen LogP contribution in [0.15, 0.2) is 0 Å². The van der Waals surface area contributed by atoms with E-state index in [1.165, 1.54) is 141 Å². The molecule has 1 atom stereocenters. The van der Waals surface area contributed by atoms with Crippen LogP contribution < -0.4 is 0 Å². The molecule has 0 aromatic carbocycles. The second kappa shape index (κ2) is 17.2. The zero-order chi connectivity index (χ0) is 19.7. The topological polar surface area (TPSA) is 17.1 Å². The van der Waals surface area contributed by atoms with Crippen LogP contribution in [-0.2, 0) is 9.83 Å². The van der Waals surface area contributed by atoms with Crippen LogP contribution in [0.4, 0.5) is 0 Å². The molecule has 1 nitrogen and oxygen atoms in total. The van der Waals surface area contributed by atoms with E-state index in [1.54, 1.807) is 0 Å². The van der Waals surface area contributed by atoms with Gasteiger partial charge in [0.1, 0.15) is 0 Å². The lowest BCUT2D eigenvalue weighted by molar-refractivity contribution is 0.454. The Labute approximate surface area is 182 Å². The van der Waals surface area contributed by atoms with Crippen molar-refractivity contribution in [2.75, 3.05) is 5.75 Å². The third-order valence-electron chi connectivity index (χ3n) is 6.97. The van der Waals surface area contributed by atoms with Crippen molar-refractivity contribution in [1.29, 1.82) is 0 Å². The minimum absolute atomic E-state index is 0.466. The summed E-state index contributed by atoms with van der Waals surface area (Å²) in [6.45, 7) is 0. The summed E-state index contributed by atoms with van der Waals surface area (Å²) in [7, 11) is 1.18. The van der Waals surface area contributed by atoms with Crippen molar-refractivity contribution in [3.05, 3.63) is 0 Å². The van der Waals surface area contributed by atoms with Gasteiger partial charge in [0.2, 0.25) is 0 Å². The van der Waals surface area contributed by atoms with Gasteiger partial charge in [-0.15, -0.1) is 0 Å². The summed E-state index contributed by atoms with van der Waals surface area (Å²) in [6.07, 6.45) is 30.5. The first-order valence-electron chi connectivity index (χ1n) is 12.9. The van der Waals surface area contributed by atoms with E-state index >= 15 is 0 Å². The van der Waals surface area contributed by atoms with Crippen molar-refractivity contribution >= 4 is 20.6 Å². The van der Waals surface area contributed by atoms with Gasteiger partial charge in [0, 0.05) is 11.0 Å². The average molecular weight is 429 g/mol. The van der Waals surface area contributed by atoms with Gasteiger partial charge in [-0.1, -0.05) is 126 Å². The fraction of sp³-hybridized carbons (Fsp3) is 1.00. The fourth-order valence-electron chi connectivity index (χ4n) is 4.99. The molecule has 0 aromatic heterocycles. The minimum atomic E-state index is -0.659. The van der Waals surface area contributed by atoms with Crippen LogP contribution in [0.2, 0.25) is 0 Å². The first-order valence-corrected chi connectivity index (χ1v) is 15.6. The molecule has 1 unspecified atom stereocenters. The molecule has 0 N–H and O–H groups in total. The maximum absolute atomic E-state index is 13.1. The molecule has 0 bridgehead atoms. The van der Waals surface area contributed by atoms with Crippen molar-refractivity contribution in [2.24, 2.45) is 5.92 Å². The second-order valence-electron chi connectivity index (χ2n) is 9.55. The molecule has 2 fully saturated rings. The van der Waals surface area contributed by atoms with Crippen LogP contribution >= 0.6 is 10.8 Å². The Morgan fingerprint density at radius 2 is 0.821 bits per heavy atom. The highest BCUT2D eigenvalue weighted by atomic mass is 33.1. The normalized spacial score (nSPS) is 25.6. The first-order chi connectivity index (χ1) is 13.9. The molecule has 0 aliphatic heterocycles. The average Bonchev–Trinajstić information content (AvgIpc) is 2.74. The molecular formula is C25H48OS2. The van der Waals surface area contributed by atoms with Crippen LogP contribution in [0.3, 0.4) is 0 Å². The van der Waals surface area contributed by atoms with Crippen molar-refractivity contribution < 1.29 is 4.21 Å². The summed E-state index contributed by atoms with van der Waals surface area (Å²) in [4.78, 5) is 0.